The van der Waals surface area contributed by atoms with Gasteiger partial charge in [-0.3, -0.25) is 38.7 Å². The minimum Gasteiger partial charge on any atom is -0.451 e. The number of imide groups is 1. The summed E-state index contributed by atoms with van der Waals surface area (Å²) in [6.45, 7) is 5.08. The summed E-state index contributed by atoms with van der Waals surface area (Å²) in [6.07, 6.45) is 6.11. The van der Waals surface area contributed by atoms with E-state index < -0.39 is 44.8 Å². The number of rotatable bonds is 13. The normalized spacial score (nSPS) is 17.3. The number of likely N-dealkylation sites (tertiary alicyclic amines) is 1. The SMILES string of the molecule is CCN(C)S(=O)(=O)Nc1ccc(F)c(Oc2ccc3ncn(-c4cnc(N5CCN(C(=O)CN6CCC(c7ccc(N[C@@H]8CCC(=O)NC8=O)cc7F)CC6)CC5)nc4)c(=O)c3c2N)c1C#N. The fraction of sp³-hybridized carbons (Fsp3) is 0.364. The van der Waals surface area contributed by atoms with E-state index in [2.05, 4.69) is 35.2 Å². The van der Waals surface area contributed by atoms with Crippen molar-refractivity contribution in [2.75, 3.05) is 80.1 Å². The molecule has 3 aromatic carbocycles. The molecule has 3 saturated heterocycles. The summed E-state index contributed by atoms with van der Waals surface area (Å²) < 4.78 is 66.0. The van der Waals surface area contributed by atoms with Crippen molar-refractivity contribution in [1.29, 1.82) is 5.26 Å². The monoisotopic (exact) mass is 939 g/mol. The lowest BCUT2D eigenvalue weighted by Gasteiger charge is -2.37. The van der Waals surface area contributed by atoms with Crippen LogP contribution in [0.5, 0.6) is 11.5 Å². The summed E-state index contributed by atoms with van der Waals surface area (Å²) in [7, 11) is -2.74. The topological polar surface area (TPSA) is 254 Å². The number of fused-ring (bicyclic) bond motifs is 1. The van der Waals surface area contributed by atoms with Crippen LogP contribution in [0, 0.1) is 23.0 Å². The Labute approximate surface area is 383 Å². The Hall–Kier alpha value is -7.29. The molecule has 5 N–H and O–H groups in total. The number of hydrogen-bond acceptors (Lipinski definition) is 15. The first-order chi connectivity index (χ1) is 32.1. The second-order valence-corrected chi connectivity index (χ2v) is 18.1. The predicted octanol–water partition coefficient (Wildman–Crippen LogP) is 3.05. The molecule has 8 rings (SSSR count). The highest BCUT2D eigenvalue weighted by molar-refractivity contribution is 7.90. The highest BCUT2D eigenvalue weighted by Gasteiger charge is 2.30. The number of aromatic nitrogens is 4. The van der Waals surface area contributed by atoms with Gasteiger partial charge in [-0.25, -0.2) is 23.7 Å². The number of ether oxygens (including phenoxy) is 1. The number of amides is 3. The van der Waals surface area contributed by atoms with Crippen LogP contribution in [0.15, 0.2) is 66.0 Å². The smallest absolute Gasteiger partial charge is 0.301 e. The van der Waals surface area contributed by atoms with Crippen LogP contribution in [0.4, 0.5) is 31.8 Å². The summed E-state index contributed by atoms with van der Waals surface area (Å²) in [6, 6.07) is 10.9. The minimum atomic E-state index is -4.08. The zero-order chi connectivity index (χ0) is 47.6. The minimum absolute atomic E-state index is 0.00695. The number of nitrogens with two attached hydrogens (primary N) is 1. The van der Waals surface area contributed by atoms with Crippen molar-refractivity contribution in [2.45, 2.75) is 44.6 Å². The summed E-state index contributed by atoms with van der Waals surface area (Å²) in [5.74, 6) is -2.50. The van der Waals surface area contributed by atoms with Gasteiger partial charge in [0.05, 0.1) is 46.9 Å². The first-order valence-electron chi connectivity index (χ1n) is 21.6. The van der Waals surface area contributed by atoms with Crippen molar-refractivity contribution in [3.05, 3.63) is 94.3 Å². The number of piperidine rings is 2. The number of halogens is 2. The number of nitrogens with one attached hydrogen (secondary N) is 3. The standard InChI is InChI=1S/C44H47F2N13O7S/c1-3-55(2)67(64,65)54-33-7-6-31(45)41(30(33)21-47)66-36-10-8-34-39(40(36)48)43(63)59(25-51-34)28-22-49-44(50-23-28)58-18-16-57(17-19-58)38(61)24-56-14-12-26(13-15-56)29-5-4-27(20-32(29)46)52-35-9-11-37(60)53-42(35)62/h4-8,10,20,22-23,25-26,35,52,54H,3,9,11-19,24,48H2,1-2H3,(H,53,60,62)/t35-/m1/s1. The van der Waals surface area contributed by atoms with Gasteiger partial charge in [0.2, 0.25) is 23.7 Å². The molecule has 5 heterocycles. The van der Waals surface area contributed by atoms with Gasteiger partial charge in [-0.2, -0.15) is 18.0 Å². The molecule has 0 radical (unpaired) electrons. The molecule has 23 heteroatoms. The van der Waals surface area contributed by atoms with E-state index in [-0.39, 0.29) is 76.8 Å². The van der Waals surface area contributed by atoms with Gasteiger partial charge < -0.3 is 25.6 Å². The molecule has 3 fully saturated rings. The molecule has 0 spiro atoms. The van der Waals surface area contributed by atoms with Crippen LogP contribution < -0.4 is 36.3 Å². The van der Waals surface area contributed by atoms with Gasteiger partial charge in [0.1, 0.15) is 29.8 Å². The molecular weight excluding hydrogens is 893 g/mol. The van der Waals surface area contributed by atoms with Crippen molar-refractivity contribution in [1.82, 2.24) is 38.9 Å². The number of carbonyl (C=O) groups excluding carboxylic acids is 3. The second-order valence-electron chi connectivity index (χ2n) is 16.4. The molecule has 3 aliphatic heterocycles. The predicted molar refractivity (Wildman–Crippen MR) is 243 cm³/mol. The number of anilines is 4. The number of hydrogen-bond donors (Lipinski definition) is 4. The van der Waals surface area contributed by atoms with E-state index in [0.717, 1.165) is 16.4 Å². The van der Waals surface area contributed by atoms with Gasteiger partial charge in [-0.15, -0.1) is 0 Å². The third kappa shape index (κ3) is 9.81. The van der Waals surface area contributed by atoms with Crippen LogP contribution in [-0.4, -0.2) is 125 Å². The molecule has 67 heavy (non-hydrogen) atoms. The van der Waals surface area contributed by atoms with Gasteiger partial charge in [0, 0.05) is 51.9 Å². The lowest BCUT2D eigenvalue weighted by Crippen LogP contribution is -2.52. The molecule has 5 aromatic rings. The number of carbonyl (C=O) groups is 3. The molecule has 0 unspecified atom stereocenters. The maximum atomic E-state index is 15.3. The van der Waals surface area contributed by atoms with Crippen LogP contribution in [0.25, 0.3) is 16.6 Å². The summed E-state index contributed by atoms with van der Waals surface area (Å²) in [5, 5.41) is 15.2. The van der Waals surface area contributed by atoms with E-state index in [1.165, 1.54) is 48.5 Å². The van der Waals surface area contributed by atoms with E-state index >= 15 is 8.78 Å². The van der Waals surface area contributed by atoms with Crippen molar-refractivity contribution >= 4 is 61.8 Å². The maximum Gasteiger partial charge on any atom is 0.301 e. The van der Waals surface area contributed by atoms with Gasteiger partial charge in [-0.1, -0.05) is 13.0 Å². The van der Waals surface area contributed by atoms with Crippen LogP contribution in [-0.2, 0) is 24.6 Å². The lowest BCUT2D eigenvalue weighted by molar-refractivity contribution is -0.134. The van der Waals surface area contributed by atoms with Crippen LogP contribution in [0.1, 0.15) is 49.7 Å². The fourth-order valence-corrected chi connectivity index (χ4v) is 9.21. The summed E-state index contributed by atoms with van der Waals surface area (Å²) in [5.41, 5.74) is 6.46. The molecule has 3 amide bonds. The zero-order valence-electron chi connectivity index (χ0n) is 36.5. The number of nitriles is 1. The Morgan fingerprint density at radius 2 is 1.72 bits per heavy atom. The number of piperazine rings is 1. The highest BCUT2D eigenvalue weighted by Crippen LogP contribution is 2.38. The highest BCUT2D eigenvalue weighted by atomic mass is 32.2. The number of benzene rings is 3. The molecule has 350 valence electrons. The third-order valence-corrected chi connectivity index (χ3v) is 13.8. The zero-order valence-corrected chi connectivity index (χ0v) is 37.4. The molecular formula is C44H47F2N13O7S. The quantitative estimate of drug-likeness (QED) is 0.0978. The molecule has 0 saturated carbocycles. The Balaban J connectivity index is 0.860. The van der Waals surface area contributed by atoms with E-state index in [4.69, 9.17) is 10.5 Å². The van der Waals surface area contributed by atoms with E-state index in [1.807, 2.05) is 4.90 Å². The molecule has 0 bridgehead atoms. The molecule has 2 aromatic heterocycles. The number of nitrogens with zero attached hydrogens (tertiary/aromatic N) is 9. The van der Waals surface area contributed by atoms with Crippen molar-refractivity contribution in [3.8, 4) is 23.3 Å². The van der Waals surface area contributed by atoms with Crippen LogP contribution in [0.3, 0.4) is 0 Å². The number of nitrogen functional groups attached to an aromatic ring is 1. The lowest BCUT2D eigenvalue weighted by atomic mass is 9.89. The molecule has 20 nitrogen and oxygen atoms in total. The molecule has 3 aliphatic rings. The van der Waals surface area contributed by atoms with Gasteiger partial charge >= 0.3 is 10.2 Å². The third-order valence-electron chi connectivity index (χ3n) is 12.2. The van der Waals surface area contributed by atoms with E-state index in [1.54, 1.807) is 30.0 Å². The average molecular weight is 940 g/mol. The van der Waals surface area contributed by atoms with Crippen LogP contribution >= 0.6 is 0 Å². The Morgan fingerprint density at radius 3 is 2.39 bits per heavy atom. The fourth-order valence-electron chi connectivity index (χ4n) is 8.27. The Kier molecular flexibility index (Phi) is 13.3. The average Bonchev–Trinajstić information content (AvgIpc) is 3.32. The van der Waals surface area contributed by atoms with E-state index in [0.29, 0.717) is 75.7 Å². The summed E-state index contributed by atoms with van der Waals surface area (Å²) >= 11 is 0. The van der Waals surface area contributed by atoms with Gasteiger partial charge in [0.25, 0.3) is 5.56 Å². The first-order valence-corrected chi connectivity index (χ1v) is 23.0. The molecule has 0 aliphatic carbocycles. The van der Waals surface area contributed by atoms with Crippen molar-refractivity contribution < 1.29 is 36.3 Å². The second kappa shape index (κ2) is 19.3. The Morgan fingerprint density at radius 1 is 0.985 bits per heavy atom. The largest absolute Gasteiger partial charge is 0.451 e. The maximum absolute atomic E-state index is 15.3. The van der Waals surface area contributed by atoms with Gasteiger partial charge in [-0.05, 0) is 80.2 Å². The van der Waals surface area contributed by atoms with Crippen molar-refractivity contribution in [3.63, 3.8) is 0 Å². The Bertz CT molecular complexity index is 2950. The summed E-state index contributed by atoms with van der Waals surface area (Å²) in [4.78, 5) is 70.0. The van der Waals surface area contributed by atoms with Gasteiger partial charge in [0.15, 0.2) is 17.3 Å². The van der Waals surface area contributed by atoms with Crippen molar-refractivity contribution in [2.24, 2.45) is 0 Å². The first kappa shape index (κ1) is 46.2. The van der Waals surface area contributed by atoms with Crippen LogP contribution in [0.2, 0.25) is 0 Å². The van der Waals surface area contributed by atoms with E-state index in [9.17, 15) is 32.9 Å². The molecule has 1 atom stereocenters.